The first-order valence-corrected chi connectivity index (χ1v) is 8.27. The van der Waals surface area contributed by atoms with Gasteiger partial charge in [-0.1, -0.05) is 36.4 Å². The number of hydrogen-bond acceptors (Lipinski definition) is 3. The molecule has 1 heterocycles. The average molecular weight is 332 g/mol. The maximum absolute atomic E-state index is 15.2. The van der Waals surface area contributed by atoms with Gasteiger partial charge in [0.15, 0.2) is 0 Å². The van der Waals surface area contributed by atoms with Crippen LogP contribution in [0.4, 0.5) is 4.39 Å². The molecule has 0 spiro atoms. The summed E-state index contributed by atoms with van der Waals surface area (Å²) < 4.78 is 32.3. The number of hydrogen-bond donors (Lipinski definition) is 0. The van der Waals surface area contributed by atoms with Crippen molar-refractivity contribution in [1.82, 2.24) is 0 Å². The molecule has 1 aromatic carbocycles. The zero-order valence-electron chi connectivity index (χ0n) is 15.0. The molecule has 0 saturated carbocycles. The molecule has 3 nitrogen and oxygen atoms in total. The van der Waals surface area contributed by atoms with Crippen molar-refractivity contribution in [2.45, 2.75) is 45.3 Å². The Balaban J connectivity index is 2.27. The molecule has 0 unspecified atom stereocenters. The molecular formula is C19H26BFO3. The van der Waals surface area contributed by atoms with E-state index < -0.39 is 18.3 Å². The van der Waals surface area contributed by atoms with E-state index in [-0.39, 0.29) is 5.73 Å². The number of ether oxygens (including phenoxy) is 1. The lowest BCUT2D eigenvalue weighted by Crippen LogP contribution is -2.41. The lowest BCUT2D eigenvalue weighted by Gasteiger charge is -2.32. The fourth-order valence-corrected chi connectivity index (χ4v) is 2.47. The van der Waals surface area contributed by atoms with E-state index in [0.717, 1.165) is 5.56 Å². The van der Waals surface area contributed by atoms with Crippen LogP contribution in [0, 0.1) is 0 Å². The second-order valence-corrected chi connectivity index (χ2v) is 6.89. The topological polar surface area (TPSA) is 27.7 Å². The standard InChI is InChI=1S/C19H26BFO3/c1-6-13-22-14-12-16(15-10-8-7-9-11-15)17(21)20-23-18(2,3)19(4,5)24-20/h6-11H,1,12-14H2,2-5H3. The van der Waals surface area contributed by atoms with E-state index in [4.69, 9.17) is 14.0 Å². The minimum atomic E-state index is -0.996. The third-order valence-electron chi connectivity index (χ3n) is 4.60. The van der Waals surface area contributed by atoms with Crippen molar-refractivity contribution >= 4 is 12.7 Å². The van der Waals surface area contributed by atoms with Crippen molar-refractivity contribution in [2.24, 2.45) is 0 Å². The summed E-state index contributed by atoms with van der Waals surface area (Å²) in [5.41, 5.74) is -0.168. The van der Waals surface area contributed by atoms with Gasteiger partial charge in [-0.3, -0.25) is 0 Å². The van der Waals surface area contributed by atoms with E-state index in [1.165, 1.54) is 0 Å². The van der Waals surface area contributed by atoms with Crippen LogP contribution >= 0.6 is 0 Å². The van der Waals surface area contributed by atoms with Crippen molar-refractivity contribution in [3.05, 3.63) is 54.3 Å². The van der Waals surface area contributed by atoms with Crippen LogP contribution < -0.4 is 0 Å². The summed E-state index contributed by atoms with van der Waals surface area (Å²) in [7, 11) is -0.996. The summed E-state index contributed by atoms with van der Waals surface area (Å²) in [6.07, 6.45) is 2.12. The summed E-state index contributed by atoms with van der Waals surface area (Å²) in [4.78, 5) is 0. The van der Waals surface area contributed by atoms with Crippen molar-refractivity contribution in [2.75, 3.05) is 13.2 Å². The summed E-state index contributed by atoms with van der Waals surface area (Å²) in [6.45, 7) is 12.1. The largest absolute Gasteiger partial charge is 0.525 e. The third-order valence-corrected chi connectivity index (χ3v) is 4.60. The predicted molar refractivity (Wildman–Crippen MR) is 96.2 cm³/mol. The maximum atomic E-state index is 15.2. The van der Waals surface area contributed by atoms with Crippen LogP contribution in [0.25, 0.3) is 5.57 Å². The first-order chi connectivity index (χ1) is 11.3. The van der Waals surface area contributed by atoms with Crippen molar-refractivity contribution in [1.29, 1.82) is 0 Å². The lowest BCUT2D eigenvalue weighted by atomic mass is 9.82. The average Bonchev–Trinajstić information content (AvgIpc) is 2.76. The smallest absolute Gasteiger partial charge is 0.398 e. The van der Waals surface area contributed by atoms with Gasteiger partial charge in [0.2, 0.25) is 0 Å². The van der Waals surface area contributed by atoms with Gasteiger partial charge in [-0.25, -0.2) is 4.39 Å². The highest BCUT2D eigenvalue weighted by molar-refractivity contribution is 6.55. The molecule has 130 valence electrons. The van der Waals surface area contributed by atoms with Crippen LogP contribution in [-0.2, 0) is 14.0 Å². The molecule has 1 fully saturated rings. The van der Waals surface area contributed by atoms with Crippen LogP contribution in [0.15, 0.2) is 48.7 Å². The third kappa shape index (κ3) is 4.15. The van der Waals surface area contributed by atoms with Gasteiger partial charge in [-0.2, -0.15) is 0 Å². The molecule has 0 atom stereocenters. The molecule has 0 amide bonds. The Hall–Kier alpha value is -1.43. The van der Waals surface area contributed by atoms with Gasteiger partial charge >= 0.3 is 7.12 Å². The van der Waals surface area contributed by atoms with E-state index in [0.29, 0.717) is 25.2 Å². The second kappa shape index (κ2) is 7.64. The van der Waals surface area contributed by atoms with E-state index in [1.54, 1.807) is 6.08 Å². The van der Waals surface area contributed by atoms with E-state index >= 15 is 4.39 Å². The van der Waals surface area contributed by atoms with Crippen LogP contribution in [-0.4, -0.2) is 31.5 Å². The predicted octanol–water partition coefficient (Wildman–Crippen LogP) is 4.59. The molecule has 2 rings (SSSR count). The monoisotopic (exact) mass is 332 g/mol. The molecule has 24 heavy (non-hydrogen) atoms. The summed E-state index contributed by atoms with van der Waals surface area (Å²) in [6, 6.07) is 9.44. The molecular weight excluding hydrogens is 306 g/mol. The van der Waals surface area contributed by atoms with Crippen LogP contribution in [0.2, 0.25) is 0 Å². The zero-order chi connectivity index (χ0) is 17.8. The molecule has 1 saturated heterocycles. The van der Waals surface area contributed by atoms with E-state index in [2.05, 4.69) is 6.58 Å². The zero-order valence-corrected chi connectivity index (χ0v) is 15.0. The lowest BCUT2D eigenvalue weighted by molar-refractivity contribution is 0.00578. The number of halogens is 1. The highest BCUT2D eigenvalue weighted by atomic mass is 19.1. The Bertz CT molecular complexity index is 580. The fraction of sp³-hybridized carbons (Fsp3) is 0.474. The van der Waals surface area contributed by atoms with E-state index in [9.17, 15) is 0 Å². The molecule has 0 aromatic heterocycles. The van der Waals surface area contributed by atoms with Crippen molar-refractivity contribution < 1.29 is 18.4 Å². The summed E-state index contributed by atoms with van der Waals surface area (Å²) >= 11 is 0. The van der Waals surface area contributed by atoms with Gasteiger partial charge in [0.05, 0.1) is 24.4 Å². The first-order valence-electron chi connectivity index (χ1n) is 8.27. The molecule has 1 aliphatic rings. The van der Waals surface area contributed by atoms with E-state index in [1.807, 2.05) is 58.0 Å². The number of benzene rings is 1. The first kappa shape index (κ1) is 18.9. The summed E-state index contributed by atoms with van der Waals surface area (Å²) in [5.74, 6) is 0. The van der Waals surface area contributed by atoms with Crippen molar-refractivity contribution in [3.63, 3.8) is 0 Å². The molecule has 1 aromatic rings. The highest BCUT2D eigenvalue weighted by Gasteiger charge is 2.53. The molecule has 0 radical (unpaired) electrons. The van der Waals surface area contributed by atoms with Gasteiger partial charge in [0.25, 0.3) is 0 Å². The van der Waals surface area contributed by atoms with Crippen LogP contribution in [0.3, 0.4) is 0 Å². The summed E-state index contributed by atoms with van der Waals surface area (Å²) in [5, 5.41) is 0. The van der Waals surface area contributed by atoms with Gasteiger partial charge in [-0.05, 0) is 45.3 Å². The molecule has 5 heteroatoms. The Labute approximate surface area is 144 Å². The maximum Gasteiger partial charge on any atom is 0.525 e. The Morgan fingerprint density at radius 2 is 1.75 bits per heavy atom. The van der Waals surface area contributed by atoms with Crippen LogP contribution in [0.5, 0.6) is 0 Å². The molecule has 1 aliphatic heterocycles. The van der Waals surface area contributed by atoms with Gasteiger partial charge in [0.1, 0.15) is 5.73 Å². The molecule has 0 aliphatic carbocycles. The second-order valence-electron chi connectivity index (χ2n) is 6.89. The molecule has 0 N–H and O–H groups in total. The Morgan fingerprint density at radius 1 is 1.17 bits per heavy atom. The quantitative estimate of drug-likeness (QED) is 0.415. The minimum Gasteiger partial charge on any atom is -0.398 e. The van der Waals surface area contributed by atoms with Gasteiger partial charge in [0, 0.05) is 0 Å². The number of rotatable bonds is 7. The highest BCUT2D eigenvalue weighted by Crippen LogP contribution is 2.40. The molecule has 0 bridgehead atoms. The SMILES string of the molecule is C=CCOCCC(=C(F)B1OC(C)(C)C(C)(C)O1)c1ccccc1. The Morgan fingerprint density at radius 3 is 2.29 bits per heavy atom. The normalized spacial score (nSPS) is 20.0. The van der Waals surface area contributed by atoms with Crippen molar-refractivity contribution in [3.8, 4) is 0 Å². The van der Waals surface area contributed by atoms with Gasteiger partial charge < -0.3 is 14.0 Å². The fourth-order valence-electron chi connectivity index (χ4n) is 2.47. The van der Waals surface area contributed by atoms with Crippen LogP contribution in [0.1, 0.15) is 39.7 Å². The Kier molecular flexibility index (Phi) is 6.02. The van der Waals surface area contributed by atoms with Gasteiger partial charge in [-0.15, -0.1) is 6.58 Å². The minimum absolute atomic E-state index is 0.387.